The van der Waals surface area contributed by atoms with Crippen LogP contribution in [-0.2, 0) is 13.0 Å². The predicted octanol–water partition coefficient (Wildman–Crippen LogP) is 4.68. The van der Waals surface area contributed by atoms with Crippen molar-refractivity contribution in [2.24, 2.45) is 5.10 Å². The smallest absolute Gasteiger partial charge is 0.184 e. The highest BCUT2D eigenvalue weighted by Crippen LogP contribution is 2.38. The summed E-state index contributed by atoms with van der Waals surface area (Å²) in [5, 5.41) is 18.1. The van der Waals surface area contributed by atoms with Crippen LogP contribution in [0.15, 0.2) is 77.9 Å². The monoisotopic (exact) mass is 377 g/mol. The van der Waals surface area contributed by atoms with E-state index < -0.39 is 0 Å². The SMILES string of the molecule is C1=NN(c2ccccc2)c2nnc(N3CCc4ccccc4C3)c3cccc1c23. The Labute approximate surface area is 168 Å². The fourth-order valence-electron chi connectivity index (χ4n) is 4.30. The summed E-state index contributed by atoms with van der Waals surface area (Å²) in [6.45, 7) is 1.81. The molecule has 140 valence electrons. The van der Waals surface area contributed by atoms with Gasteiger partial charge in [-0.1, -0.05) is 60.7 Å². The first-order chi connectivity index (χ1) is 14.4. The summed E-state index contributed by atoms with van der Waals surface area (Å²) in [6.07, 6.45) is 2.94. The van der Waals surface area contributed by atoms with E-state index in [0.29, 0.717) is 0 Å². The summed E-state index contributed by atoms with van der Waals surface area (Å²) in [5.41, 5.74) is 4.86. The van der Waals surface area contributed by atoms with Crippen molar-refractivity contribution in [2.45, 2.75) is 13.0 Å². The van der Waals surface area contributed by atoms with E-state index in [0.717, 1.165) is 53.2 Å². The Bertz CT molecular complexity index is 1250. The predicted molar refractivity (Wildman–Crippen MR) is 117 cm³/mol. The van der Waals surface area contributed by atoms with Crippen LogP contribution in [0, 0.1) is 0 Å². The van der Waals surface area contributed by atoms with E-state index in [4.69, 9.17) is 0 Å². The normalized spacial score (nSPS) is 14.9. The van der Waals surface area contributed by atoms with Crippen molar-refractivity contribution in [1.82, 2.24) is 10.2 Å². The number of para-hydroxylation sites is 1. The van der Waals surface area contributed by atoms with E-state index in [-0.39, 0.29) is 0 Å². The summed E-state index contributed by atoms with van der Waals surface area (Å²) in [5.74, 6) is 1.73. The van der Waals surface area contributed by atoms with Crippen LogP contribution in [0.2, 0.25) is 0 Å². The second-order valence-corrected chi connectivity index (χ2v) is 7.45. The highest BCUT2D eigenvalue weighted by molar-refractivity contribution is 6.11. The Morgan fingerprint density at radius 3 is 2.41 bits per heavy atom. The Hall–Kier alpha value is -3.73. The molecule has 5 nitrogen and oxygen atoms in total. The summed E-state index contributed by atoms with van der Waals surface area (Å²) in [4.78, 5) is 2.34. The molecule has 0 unspecified atom stereocenters. The molecule has 2 aliphatic heterocycles. The van der Waals surface area contributed by atoms with Crippen LogP contribution in [0.4, 0.5) is 17.3 Å². The zero-order valence-electron chi connectivity index (χ0n) is 15.9. The number of hydrogen-bond acceptors (Lipinski definition) is 5. The third-order valence-electron chi connectivity index (χ3n) is 5.74. The van der Waals surface area contributed by atoms with Gasteiger partial charge in [-0.25, -0.2) is 5.01 Å². The maximum Gasteiger partial charge on any atom is 0.184 e. The average molecular weight is 377 g/mol. The van der Waals surface area contributed by atoms with Crippen LogP contribution in [0.25, 0.3) is 10.8 Å². The molecule has 3 heterocycles. The molecule has 0 spiro atoms. The number of rotatable bonds is 2. The first-order valence-electron chi connectivity index (χ1n) is 9.89. The Kier molecular flexibility index (Phi) is 3.59. The zero-order valence-corrected chi connectivity index (χ0v) is 15.9. The molecule has 5 heteroatoms. The van der Waals surface area contributed by atoms with Crippen molar-refractivity contribution in [3.05, 3.63) is 89.5 Å². The lowest BCUT2D eigenvalue weighted by atomic mass is 9.99. The van der Waals surface area contributed by atoms with Crippen LogP contribution in [0.5, 0.6) is 0 Å². The van der Waals surface area contributed by atoms with Gasteiger partial charge in [-0.3, -0.25) is 0 Å². The van der Waals surface area contributed by atoms with Crippen LogP contribution < -0.4 is 9.91 Å². The summed E-state index contributed by atoms with van der Waals surface area (Å²) >= 11 is 0. The first-order valence-corrected chi connectivity index (χ1v) is 9.89. The summed E-state index contributed by atoms with van der Waals surface area (Å²) in [6, 6.07) is 25.1. The molecule has 0 saturated carbocycles. The van der Waals surface area contributed by atoms with Crippen molar-refractivity contribution in [2.75, 3.05) is 16.5 Å². The van der Waals surface area contributed by atoms with Crippen molar-refractivity contribution >= 4 is 34.3 Å². The summed E-state index contributed by atoms with van der Waals surface area (Å²) < 4.78 is 0. The third-order valence-corrected chi connectivity index (χ3v) is 5.74. The molecular weight excluding hydrogens is 358 g/mol. The van der Waals surface area contributed by atoms with Gasteiger partial charge in [0.1, 0.15) is 0 Å². The molecule has 0 amide bonds. The van der Waals surface area contributed by atoms with Gasteiger partial charge >= 0.3 is 0 Å². The minimum atomic E-state index is 0.783. The molecule has 0 saturated heterocycles. The molecule has 1 aromatic heterocycles. The molecular formula is C24H19N5. The van der Waals surface area contributed by atoms with E-state index in [1.807, 2.05) is 41.6 Å². The van der Waals surface area contributed by atoms with Crippen LogP contribution >= 0.6 is 0 Å². The second kappa shape index (κ2) is 6.41. The van der Waals surface area contributed by atoms with Crippen molar-refractivity contribution < 1.29 is 0 Å². The molecule has 0 bridgehead atoms. The minimum absolute atomic E-state index is 0.783. The lowest BCUT2D eigenvalue weighted by Gasteiger charge is -2.31. The van der Waals surface area contributed by atoms with E-state index in [1.165, 1.54) is 11.1 Å². The number of anilines is 3. The van der Waals surface area contributed by atoms with Crippen molar-refractivity contribution in [1.29, 1.82) is 0 Å². The van der Waals surface area contributed by atoms with Crippen molar-refractivity contribution in [3.8, 4) is 0 Å². The molecule has 2 aliphatic rings. The van der Waals surface area contributed by atoms with Gasteiger partial charge in [0.15, 0.2) is 11.6 Å². The van der Waals surface area contributed by atoms with E-state index in [2.05, 4.69) is 62.7 Å². The van der Waals surface area contributed by atoms with Gasteiger partial charge in [-0.15, -0.1) is 10.2 Å². The quantitative estimate of drug-likeness (QED) is 0.509. The molecule has 29 heavy (non-hydrogen) atoms. The lowest BCUT2D eigenvalue weighted by molar-refractivity contribution is 0.716. The molecule has 0 N–H and O–H groups in total. The number of nitrogens with zero attached hydrogens (tertiary/aromatic N) is 5. The molecule has 0 fully saturated rings. The number of hydrogen-bond donors (Lipinski definition) is 0. The van der Waals surface area contributed by atoms with E-state index >= 15 is 0 Å². The maximum atomic E-state index is 4.69. The molecule has 0 atom stereocenters. The standard InChI is InChI=1S/C24H19N5/c1-2-10-20(11-3-1)29-24-22-18(15-25-29)9-6-12-21(22)23(26-27-24)28-14-13-17-7-4-5-8-19(17)16-28/h1-12,15H,13-14,16H2. The lowest BCUT2D eigenvalue weighted by Crippen LogP contribution is -2.31. The van der Waals surface area contributed by atoms with Crippen LogP contribution in [0.1, 0.15) is 16.7 Å². The molecule has 0 aliphatic carbocycles. The fraction of sp³-hybridized carbons (Fsp3) is 0.125. The van der Waals surface area contributed by atoms with E-state index in [9.17, 15) is 0 Å². The van der Waals surface area contributed by atoms with E-state index in [1.54, 1.807) is 0 Å². The topological polar surface area (TPSA) is 44.6 Å². The molecule has 4 aromatic rings. The van der Waals surface area contributed by atoms with Gasteiger partial charge in [0, 0.05) is 29.4 Å². The average Bonchev–Trinajstić information content (AvgIpc) is 2.80. The minimum Gasteiger partial charge on any atom is -0.350 e. The number of benzene rings is 3. The Morgan fingerprint density at radius 1 is 0.724 bits per heavy atom. The van der Waals surface area contributed by atoms with Crippen LogP contribution in [-0.4, -0.2) is 23.0 Å². The highest BCUT2D eigenvalue weighted by atomic mass is 15.5. The zero-order chi connectivity index (χ0) is 19.2. The number of aromatic nitrogens is 2. The van der Waals surface area contributed by atoms with Gasteiger partial charge in [-0.05, 0) is 29.7 Å². The van der Waals surface area contributed by atoms with Crippen molar-refractivity contribution in [3.63, 3.8) is 0 Å². The summed E-state index contributed by atoms with van der Waals surface area (Å²) in [7, 11) is 0. The van der Waals surface area contributed by atoms with Gasteiger partial charge in [0.2, 0.25) is 0 Å². The molecule has 0 radical (unpaired) electrons. The Balaban J connectivity index is 1.49. The van der Waals surface area contributed by atoms with Gasteiger partial charge in [0.25, 0.3) is 0 Å². The van der Waals surface area contributed by atoms with Gasteiger partial charge < -0.3 is 4.90 Å². The van der Waals surface area contributed by atoms with Gasteiger partial charge in [-0.2, -0.15) is 5.10 Å². The fourth-order valence-corrected chi connectivity index (χ4v) is 4.30. The van der Waals surface area contributed by atoms with Crippen LogP contribution in [0.3, 0.4) is 0 Å². The third kappa shape index (κ3) is 2.58. The molecule has 3 aromatic carbocycles. The van der Waals surface area contributed by atoms with Gasteiger partial charge in [0.05, 0.1) is 11.9 Å². The second-order valence-electron chi connectivity index (χ2n) is 7.45. The highest BCUT2D eigenvalue weighted by Gasteiger charge is 2.25. The number of hydrazone groups is 1. The molecule has 6 rings (SSSR count). The maximum absolute atomic E-state index is 4.69. The first kappa shape index (κ1) is 16.2. The largest absolute Gasteiger partial charge is 0.350 e. The Morgan fingerprint density at radius 2 is 1.52 bits per heavy atom. The number of fused-ring (bicyclic) bond motifs is 1.